The molecule has 2 rings (SSSR count). The van der Waals surface area contributed by atoms with Gasteiger partial charge in [0, 0.05) is 38.2 Å². The number of halogens is 1. The molecule has 20 heavy (non-hydrogen) atoms. The molecule has 1 aromatic carbocycles. The van der Waals surface area contributed by atoms with Gasteiger partial charge in [-0.2, -0.15) is 0 Å². The lowest BCUT2D eigenvalue weighted by atomic mass is 9.89. The molecule has 0 spiro atoms. The first-order valence-electron chi connectivity index (χ1n) is 7.15. The monoisotopic (exact) mass is 297 g/mol. The van der Waals surface area contributed by atoms with Gasteiger partial charge in [-0.1, -0.05) is 25.4 Å². The largest absolute Gasteiger partial charge is 0.488 e. The molecule has 0 amide bonds. The maximum Gasteiger partial charge on any atom is 0.123 e. The van der Waals surface area contributed by atoms with Crippen molar-refractivity contribution in [3.05, 3.63) is 28.8 Å². The summed E-state index contributed by atoms with van der Waals surface area (Å²) in [5.41, 5.74) is 1.45. The number of hydrogen-bond acceptors (Lipinski definition) is 3. The van der Waals surface area contributed by atoms with E-state index in [0.29, 0.717) is 0 Å². The average Bonchev–Trinajstić information content (AvgIpc) is 2.78. The van der Waals surface area contributed by atoms with Gasteiger partial charge in [-0.05, 0) is 35.6 Å². The number of rotatable bonds is 7. The van der Waals surface area contributed by atoms with Crippen molar-refractivity contribution < 1.29 is 9.47 Å². The Hall–Kier alpha value is -0.770. The highest BCUT2D eigenvalue weighted by Crippen LogP contribution is 2.30. The first kappa shape index (κ1) is 15.6. The van der Waals surface area contributed by atoms with Crippen LogP contribution in [-0.2, 0) is 11.2 Å². The van der Waals surface area contributed by atoms with Gasteiger partial charge in [-0.3, -0.25) is 0 Å². The van der Waals surface area contributed by atoms with E-state index >= 15 is 0 Å². The molecule has 0 bridgehead atoms. The van der Waals surface area contributed by atoms with Gasteiger partial charge in [0.25, 0.3) is 0 Å². The van der Waals surface area contributed by atoms with Gasteiger partial charge in [0.2, 0.25) is 0 Å². The van der Waals surface area contributed by atoms with Crippen molar-refractivity contribution in [1.82, 2.24) is 5.32 Å². The quantitative estimate of drug-likeness (QED) is 0.838. The van der Waals surface area contributed by atoms with Crippen molar-refractivity contribution in [1.29, 1.82) is 0 Å². The summed E-state index contributed by atoms with van der Waals surface area (Å²) in [6.45, 7) is 7.14. The van der Waals surface area contributed by atoms with Crippen molar-refractivity contribution >= 4 is 11.6 Å². The number of fused-ring (bicyclic) bond motifs is 1. The van der Waals surface area contributed by atoms with E-state index in [2.05, 4.69) is 19.2 Å². The Kier molecular flexibility index (Phi) is 5.30. The fourth-order valence-corrected chi connectivity index (χ4v) is 2.64. The molecule has 1 aliphatic rings. The Morgan fingerprint density at radius 2 is 2.25 bits per heavy atom. The molecular formula is C16H24ClNO2. The Bertz CT molecular complexity index is 448. The molecule has 0 saturated heterocycles. The second-order valence-corrected chi connectivity index (χ2v) is 6.67. The van der Waals surface area contributed by atoms with Crippen LogP contribution in [0.2, 0.25) is 5.02 Å². The lowest BCUT2D eigenvalue weighted by Crippen LogP contribution is -2.36. The third-order valence-corrected chi connectivity index (χ3v) is 3.96. The van der Waals surface area contributed by atoms with E-state index < -0.39 is 0 Å². The lowest BCUT2D eigenvalue weighted by Gasteiger charge is -2.25. The van der Waals surface area contributed by atoms with Crippen LogP contribution in [-0.4, -0.2) is 32.9 Å². The van der Waals surface area contributed by atoms with Gasteiger partial charge in [0.15, 0.2) is 0 Å². The van der Waals surface area contributed by atoms with Gasteiger partial charge in [-0.25, -0.2) is 0 Å². The molecule has 112 valence electrons. The van der Waals surface area contributed by atoms with E-state index in [9.17, 15) is 0 Å². The summed E-state index contributed by atoms with van der Waals surface area (Å²) in [4.78, 5) is 0. The molecule has 0 radical (unpaired) electrons. The van der Waals surface area contributed by atoms with Crippen molar-refractivity contribution in [3.8, 4) is 5.75 Å². The zero-order valence-electron chi connectivity index (χ0n) is 12.5. The van der Waals surface area contributed by atoms with Crippen LogP contribution in [0.25, 0.3) is 0 Å². The van der Waals surface area contributed by atoms with E-state index in [-0.39, 0.29) is 11.5 Å². The molecular weight excluding hydrogens is 274 g/mol. The molecule has 3 nitrogen and oxygen atoms in total. The van der Waals surface area contributed by atoms with Crippen LogP contribution in [0.1, 0.15) is 25.8 Å². The minimum absolute atomic E-state index is 0.210. The first-order valence-corrected chi connectivity index (χ1v) is 7.53. The van der Waals surface area contributed by atoms with Crippen LogP contribution in [0.3, 0.4) is 0 Å². The molecule has 0 saturated carbocycles. The third kappa shape index (κ3) is 4.37. The molecule has 1 aliphatic heterocycles. The Morgan fingerprint density at radius 3 is 3.00 bits per heavy atom. The normalized spacial score (nSPS) is 17.9. The van der Waals surface area contributed by atoms with Gasteiger partial charge in [0.05, 0.1) is 0 Å². The predicted octanol–water partition coefficient (Wildman–Crippen LogP) is 3.30. The highest BCUT2D eigenvalue weighted by Gasteiger charge is 2.24. The average molecular weight is 298 g/mol. The van der Waals surface area contributed by atoms with Gasteiger partial charge in [0.1, 0.15) is 11.9 Å². The molecule has 1 heterocycles. The van der Waals surface area contributed by atoms with Crippen LogP contribution < -0.4 is 10.1 Å². The summed E-state index contributed by atoms with van der Waals surface area (Å²) in [5.74, 6) is 0.972. The van der Waals surface area contributed by atoms with Crippen LogP contribution >= 0.6 is 11.6 Å². The molecule has 1 N–H and O–H groups in total. The number of benzene rings is 1. The SMILES string of the molecule is COCCC(C)(C)CNCC1Cc2cc(Cl)ccc2O1. The fraction of sp³-hybridized carbons (Fsp3) is 0.625. The van der Waals surface area contributed by atoms with Crippen LogP contribution in [0.15, 0.2) is 18.2 Å². The molecule has 0 aromatic heterocycles. The molecule has 1 atom stereocenters. The minimum atomic E-state index is 0.210. The summed E-state index contributed by atoms with van der Waals surface area (Å²) < 4.78 is 11.1. The third-order valence-electron chi connectivity index (χ3n) is 3.72. The molecule has 1 aromatic rings. The summed E-state index contributed by atoms with van der Waals surface area (Å²) in [6.07, 6.45) is 2.20. The molecule has 0 aliphatic carbocycles. The van der Waals surface area contributed by atoms with Crippen LogP contribution in [0, 0.1) is 5.41 Å². The zero-order valence-corrected chi connectivity index (χ0v) is 13.3. The van der Waals surface area contributed by atoms with Gasteiger partial charge < -0.3 is 14.8 Å². The summed E-state index contributed by atoms with van der Waals surface area (Å²) in [5, 5.41) is 4.29. The summed E-state index contributed by atoms with van der Waals surface area (Å²) >= 11 is 6.00. The van der Waals surface area contributed by atoms with Crippen LogP contribution in [0.5, 0.6) is 5.75 Å². The Balaban J connectivity index is 1.74. The fourth-order valence-electron chi connectivity index (χ4n) is 2.44. The van der Waals surface area contributed by atoms with E-state index in [1.807, 2.05) is 18.2 Å². The Morgan fingerprint density at radius 1 is 1.45 bits per heavy atom. The topological polar surface area (TPSA) is 30.5 Å². The van der Waals surface area contributed by atoms with E-state index in [4.69, 9.17) is 21.1 Å². The molecule has 1 unspecified atom stereocenters. The van der Waals surface area contributed by atoms with Crippen LogP contribution in [0.4, 0.5) is 0 Å². The number of ether oxygens (including phenoxy) is 2. The van der Waals surface area contributed by atoms with Crippen molar-refractivity contribution in [2.24, 2.45) is 5.41 Å². The van der Waals surface area contributed by atoms with Gasteiger partial charge >= 0.3 is 0 Å². The standard InChI is InChI=1S/C16H24ClNO2/c1-16(2,6-7-19-3)11-18-10-14-9-12-8-13(17)4-5-15(12)20-14/h4-5,8,14,18H,6-7,9-11H2,1-3H3. The highest BCUT2D eigenvalue weighted by molar-refractivity contribution is 6.30. The van der Waals surface area contributed by atoms with Crippen molar-refractivity contribution in [2.75, 3.05) is 26.8 Å². The van der Waals surface area contributed by atoms with Crippen molar-refractivity contribution in [3.63, 3.8) is 0 Å². The van der Waals surface area contributed by atoms with E-state index in [1.54, 1.807) is 7.11 Å². The Labute approximate surface area is 126 Å². The molecule has 4 heteroatoms. The number of hydrogen-bond donors (Lipinski definition) is 1. The number of methoxy groups -OCH3 is 1. The maximum absolute atomic E-state index is 6.00. The lowest BCUT2D eigenvalue weighted by molar-refractivity contribution is 0.147. The molecule has 0 fully saturated rings. The number of nitrogens with one attached hydrogen (secondary N) is 1. The summed E-state index contributed by atoms with van der Waals surface area (Å²) in [7, 11) is 1.75. The van der Waals surface area contributed by atoms with E-state index in [1.165, 1.54) is 5.56 Å². The van der Waals surface area contributed by atoms with Crippen molar-refractivity contribution in [2.45, 2.75) is 32.8 Å². The highest BCUT2D eigenvalue weighted by atomic mass is 35.5. The zero-order chi connectivity index (χ0) is 14.6. The smallest absolute Gasteiger partial charge is 0.123 e. The minimum Gasteiger partial charge on any atom is -0.488 e. The second-order valence-electron chi connectivity index (χ2n) is 6.23. The maximum atomic E-state index is 6.00. The second kappa shape index (κ2) is 6.79. The predicted molar refractivity (Wildman–Crippen MR) is 82.7 cm³/mol. The van der Waals surface area contributed by atoms with Gasteiger partial charge in [-0.15, -0.1) is 0 Å². The summed E-state index contributed by atoms with van der Waals surface area (Å²) in [6, 6.07) is 5.84. The first-order chi connectivity index (χ1) is 9.50. The van der Waals surface area contributed by atoms with E-state index in [0.717, 1.165) is 43.3 Å².